The van der Waals surface area contributed by atoms with Gasteiger partial charge in [0, 0.05) is 11.9 Å². The van der Waals surface area contributed by atoms with Gasteiger partial charge >= 0.3 is 0 Å². The second kappa shape index (κ2) is 4.83. The Hall–Kier alpha value is -1.80. The number of nitrogens with one attached hydrogen (secondary N) is 2. The minimum absolute atomic E-state index is 0.168. The van der Waals surface area contributed by atoms with E-state index in [2.05, 4.69) is 25.5 Å². The van der Waals surface area contributed by atoms with Gasteiger partial charge in [0.2, 0.25) is 0 Å². The van der Waals surface area contributed by atoms with Gasteiger partial charge in [-0.25, -0.2) is 9.97 Å². The van der Waals surface area contributed by atoms with E-state index < -0.39 is 5.60 Å². The van der Waals surface area contributed by atoms with Crippen LogP contribution in [0.4, 0.5) is 0 Å². The van der Waals surface area contributed by atoms with Crippen molar-refractivity contribution in [1.82, 2.24) is 25.5 Å². The Balaban J connectivity index is 2.04. The number of aromatic nitrogens is 4. The molecule has 1 amide bonds. The molecule has 18 heavy (non-hydrogen) atoms. The van der Waals surface area contributed by atoms with E-state index in [1.165, 1.54) is 17.7 Å². The summed E-state index contributed by atoms with van der Waals surface area (Å²) in [6.07, 6.45) is 1.38. The molecule has 3 N–H and O–H groups in total. The van der Waals surface area contributed by atoms with Crippen LogP contribution in [-0.4, -0.2) is 43.3 Å². The van der Waals surface area contributed by atoms with Gasteiger partial charge in [-0.1, -0.05) is 0 Å². The van der Waals surface area contributed by atoms with Crippen LogP contribution in [0.2, 0.25) is 0 Å². The monoisotopic (exact) mass is 267 g/mol. The van der Waals surface area contributed by atoms with Crippen molar-refractivity contribution in [3.05, 3.63) is 17.4 Å². The third-order valence-corrected chi connectivity index (χ3v) is 2.88. The van der Waals surface area contributed by atoms with Crippen LogP contribution >= 0.6 is 11.3 Å². The van der Waals surface area contributed by atoms with Crippen LogP contribution in [0.1, 0.15) is 24.3 Å². The van der Waals surface area contributed by atoms with E-state index in [4.69, 9.17) is 0 Å². The SMILES string of the molecule is CC(C)(O)CNC(=O)c1csc(-c2ncn[nH]2)n1. The fraction of sp³-hybridized carbons (Fsp3) is 0.400. The maximum atomic E-state index is 11.7. The van der Waals surface area contributed by atoms with E-state index in [0.29, 0.717) is 16.5 Å². The van der Waals surface area contributed by atoms with Gasteiger partial charge in [-0.15, -0.1) is 11.3 Å². The Labute approximate surface area is 107 Å². The van der Waals surface area contributed by atoms with E-state index in [-0.39, 0.29) is 12.5 Å². The number of amides is 1. The Bertz CT molecular complexity index is 529. The zero-order valence-electron chi connectivity index (χ0n) is 9.97. The number of aromatic amines is 1. The summed E-state index contributed by atoms with van der Waals surface area (Å²) in [7, 11) is 0. The highest BCUT2D eigenvalue weighted by Gasteiger charge is 2.17. The molecule has 0 bridgehead atoms. The van der Waals surface area contributed by atoms with Crippen LogP contribution in [-0.2, 0) is 0 Å². The van der Waals surface area contributed by atoms with Crippen LogP contribution in [0.15, 0.2) is 11.7 Å². The van der Waals surface area contributed by atoms with Gasteiger partial charge in [0.25, 0.3) is 5.91 Å². The van der Waals surface area contributed by atoms with E-state index in [1.807, 2.05) is 0 Å². The molecule has 96 valence electrons. The summed E-state index contributed by atoms with van der Waals surface area (Å²) in [5.41, 5.74) is -0.643. The molecule has 0 aliphatic heterocycles. The van der Waals surface area contributed by atoms with E-state index >= 15 is 0 Å². The van der Waals surface area contributed by atoms with Crippen LogP contribution in [0.5, 0.6) is 0 Å². The summed E-state index contributed by atoms with van der Waals surface area (Å²) >= 11 is 1.30. The van der Waals surface area contributed by atoms with E-state index in [9.17, 15) is 9.90 Å². The molecule has 2 heterocycles. The average Bonchev–Trinajstić information content (AvgIpc) is 2.94. The molecule has 0 fully saturated rings. The molecule has 2 aromatic heterocycles. The first-order chi connectivity index (χ1) is 8.46. The molecular weight excluding hydrogens is 254 g/mol. The van der Waals surface area contributed by atoms with E-state index in [1.54, 1.807) is 19.2 Å². The molecule has 8 heteroatoms. The highest BCUT2D eigenvalue weighted by Crippen LogP contribution is 2.19. The normalized spacial score (nSPS) is 11.5. The van der Waals surface area contributed by atoms with Crippen molar-refractivity contribution in [3.63, 3.8) is 0 Å². The number of hydrogen-bond donors (Lipinski definition) is 3. The van der Waals surface area contributed by atoms with Gasteiger partial charge < -0.3 is 10.4 Å². The summed E-state index contributed by atoms with van der Waals surface area (Å²) in [6, 6.07) is 0. The fourth-order valence-corrected chi connectivity index (χ4v) is 1.93. The highest BCUT2D eigenvalue weighted by molar-refractivity contribution is 7.13. The predicted molar refractivity (Wildman–Crippen MR) is 66.1 cm³/mol. The summed E-state index contributed by atoms with van der Waals surface area (Å²) in [6.45, 7) is 3.41. The van der Waals surface area contributed by atoms with Gasteiger partial charge in [-0.2, -0.15) is 5.10 Å². The Morgan fingerprint density at radius 2 is 2.39 bits per heavy atom. The van der Waals surface area contributed by atoms with Crippen molar-refractivity contribution >= 4 is 17.2 Å². The largest absolute Gasteiger partial charge is 0.389 e. The van der Waals surface area contributed by atoms with Gasteiger partial charge in [-0.3, -0.25) is 9.89 Å². The second-order valence-corrected chi connectivity index (χ2v) is 5.23. The Kier molecular flexibility index (Phi) is 3.39. The zero-order valence-corrected chi connectivity index (χ0v) is 10.8. The molecule has 2 aromatic rings. The molecule has 0 spiro atoms. The number of carbonyl (C=O) groups is 1. The molecule has 0 saturated heterocycles. The summed E-state index contributed by atoms with van der Waals surface area (Å²) in [4.78, 5) is 19.8. The van der Waals surface area contributed by atoms with Gasteiger partial charge in [0.15, 0.2) is 10.8 Å². The van der Waals surface area contributed by atoms with Gasteiger partial charge in [0.05, 0.1) is 5.60 Å². The van der Waals surface area contributed by atoms with Gasteiger partial charge in [0.1, 0.15) is 12.0 Å². The molecule has 0 aromatic carbocycles. The maximum Gasteiger partial charge on any atom is 0.270 e. The minimum Gasteiger partial charge on any atom is -0.389 e. The predicted octanol–water partition coefficient (Wildman–Crippen LogP) is 0.429. The molecule has 0 radical (unpaired) electrons. The first-order valence-corrected chi connectivity index (χ1v) is 6.15. The average molecular weight is 267 g/mol. The summed E-state index contributed by atoms with van der Waals surface area (Å²) < 4.78 is 0. The molecular formula is C10H13N5O2S. The van der Waals surface area contributed by atoms with Gasteiger partial charge in [-0.05, 0) is 13.8 Å². The van der Waals surface area contributed by atoms with Crippen molar-refractivity contribution in [2.75, 3.05) is 6.54 Å². The van der Waals surface area contributed by atoms with Crippen LogP contribution in [0, 0.1) is 0 Å². The smallest absolute Gasteiger partial charge is 0.270 e. The first-order valence-electron chi connectivity index (χ1n) is 5.27. The Morgan fingerprint density at radius 3 is 3.00 bits per heavy atom. The zero-order chi connectivity index (χ0) is 13.2. The molecule has 0 saturated carbocycles. The molecule has 0 atom stereocenters. The standard InChI is InChI=1S/C10H13N5O2S/c1-10(2,17)4-11-8(16)6-3-18-9(14-6)7-12-5-13-15-7/h3,5,17H,4H2,1-2H3,(H,11,16)(H,12,13,15). The molecule has 2 rings (SSSR count). The quantitative estimate of drug-likeness (QED) is 0.745. The number of rotatable bonds is 4. The van der Waals surface area contributed by atoms with Crippen molar-refractivity contribution < 1.29 is 9.90 Å². The lowest BCUT2D eigenvalue weighted by Gasteiger charge is -2.16. The van der Waals surface area contributed by atoms with Crippen molar-refractivity contribution in [3.8, 4) is 10.8 Å². The van der Waals surface area contributed by atoms with Crippen molar-refractivity contribution in [2.45, 2.75) is 19.4 Å². The number of aliphatic hydroxyl groups is 1. The number of carbonyl (C=O) groups excluding carboxylic acids is 1. The summed E-state index contributed by atoms with van der Waals surface area (Å²) in [5, 5.41) is 20.7. The number of hydrogen-bond acceptors (Lipinski definition) is 6. The highest BCUT2D eigenvalue weighted by atomic mass is 32.1. The lowest BCUT2D eigenvalue weighted by atomic mass is 10.1. The lowest BCUT2D eigenvalue weighted by Crippen LogP contribution is -2.38. The number of thiazole rings is 1. The van der Waals surface area contributed by atoms with Crippen molar-refractivity contribution in [2.24, 2.45) is 0 Å². The number of H-pyrrole nitrogens is 1. The number of nitrogens with zero attached hydrogens (tertiary/aromatic N) is 3. The van der Waals surface area contributed by atoms with E-state index in [0.717, 1.165) is 0 Å². The molecule has 0 unspecified atom stereocenters. The second-order valence-electron chi connectivity index (χ2n) is 4.37. The third kappa shape index (κ3) is 3.11. The van der Waals surface area contributed by atoms with Crippen molar-refractivity contribution in [1.29, 1.82) is 0 Å². The van der Waals surface area contributed by atoms with Crippen LogP contribution in [0.3, 0.4) is 0 Å². The Morgan fingerprint density at radius 1 is 1.61 bits per heavy atom. The van der Waals surface area contributed by atoms with Crippen LogP contribution in [0.25, 0.3) is 10.8 Å². The molecule has 0 aliphatic carbocycles. The lowest BCUT2D eigenvalue weighted by molar-refractivity contribution is 0.0692. The van der Waals surface area contributed by atoms with Crippen LogP contribution < -0.4 is 5.32 Å². The maximum absolute atomic E-state index is 11.7. The molecule has 7 nitrogen and oxygen atoms in total. The fourth-order valence-electron chi connectivity index (χ4n) is 1.18. The first kappa shape index (κ1) is 12.7. The topological polar surface area (TPSA) is 104 Å². The molecule has 0 aliphatic rings. The summed E-state index contributed by atoms with van der Waals surface area (Å²) in [5.74, 6) is 0.209. The minimum atomic E-state index is -0.945. The third-order valence-electron chi connectivity index (χ3n) is 2.04.